The number of aryl methyl sites for hydroxylation is 2. The van der Waals surface area contributed by atoms with Crippen LogP contribution in [0, 0.1) is 27.7 Å². The van der Waals surface area contributed by atoms with Crippen molar-refractivity contribution in [2.45, 2.75) is 32.6 Å². The Morgan fingerprint density at radius 2 is 1.62 bits per heavy atom. The molecule has 2 N–H and O–H groups in total. The molecule has 164 valence electrons. The summed E-state index contributed by atoms with van der Waals surface area (Å²) in [7, 11) is 0. The highest BCUT2D eigenvalue weighted by molar-refractivity contribution is 7.80. The monoisotopic (exact) mass is 466 g/mol. The second-order valence-corrected chi connectivity index (χ2v) is 9.42. The van der Waals surface area contributed by atoms with Crippen molar-refractivity contribution in [3.05, 3.63) is 70.9 Å². The normalized spacial score (nSPS) is 11.9. The Hall–Kier alpha value is -3.30. The highest BCUT2D eigenvalue weighted by atomic mass is 32.2. The van der Waals surface area contributed by atoms with Crippen LogP contribution in [0.15, 0.2) is 53.4 Å². The van der Waals surface area contributed by atoms with Crippen molar-refractivity contribution in [3.8, 4) is 22.1 Å². The fraction of sp³-hybridized carbons (Fsp3) is 0.174. The molecule has 0 aliphatic rings. The molecule has 2 heterocycles. The van der Waals surface area contributed by atoms with Crippen LogP contribution >= 0.6 is 11.3 Å². The van der Waals surface area contributed by atoms with Gasteiger partial charge < -0.3 is 14.6 Å². The molecule has 4 rings (SSSR count). The lowest BCUT2D eigenvalue weighted by Crippen LogP contribution is -2.00. The highest BCUT2D eigenvalue weighted by Gasteiger charge is 2.14. The molecular formula is C23H22N4O3S2. The minimum absolute atomic E-state index is 0.205. The number of benzene rings is 2. The van der Waals surface area contributed by atoms with Crippen LogP contribution in [0.5, 0.6) is 11.5 Å². The van der Waals surface area contributed by atoms with Crippen molar-refractivity contribution >= 4 is 33.4 Å². The van der Waals surface area contributed by atoms with E-state index >= 15 is 0 Å². The topological polar surface area (TPSA) is 97.2 Å². The van der Waals surface area contributed by atoms with Crippen LogP contribution in [0.2, 0.25) is 0 Å². The maximum Gasteiger partial charge on any atom is 0.240 e. The highest BCUT2D eigenvalue weighted by Crippen LogP contribution is 2.33. The van der Waals surface area contributed by atoms with Crippen LogP contribution in [0.3, 0.4) is 0 Å². The molecule has 0 bridgehead atoms. The zero-order chi connectivity index (χ0) is 22.8. The number of aromatic hydroxyl groups is 1. The Kier molecular flexibility index (Phi) is 6.20. The molecule has 2 aromatic heterocycles. The molecule has 0 aliphatic heterocycles. The van der Waals surface area contributed by atoms with Crippen molar-refractivity contribution < 1.29 is 13.5 Å². The number of anilines is 2. The smallest absolute Gasteiger partial charge is 0.240 e. The SMILES string of the molecule is Cc1ccc(S(=O)Oc2ccc(-c3nnc(Nc4nc(C)c(O)c(C)c4C)s3)cc2)cc1. The largest absolute Gasteiger partial charge is 0.506 e. The second-order valence-electron chi connectivity index (χ2n) is 7.34. The minimum Gasteiger partial charge on any atom is -0.506 e. The molecule has 9 heteroatoms. The third-order valence-electron chi connectivity index (χ3n) is 5.03. The van der Waals surface area contributed by atoms with Crippen LogP contribution in [0.25, 0.3) is 10.6 Å². The van der Waals surface area contributed by atoms with E-state index in [-0.39, 0.29) is 5.75 Å². The molecule has 0 saturated carbocycles. The van der Waals surface area contributed by atoms with Gasteiger partial charge in [0.25, 0.3) is 0 Å². The average Bonchev–Trinajstić information content (AvgIpc) is 3.25. The first-order valence-electron chi connectivity index (χ1n) is 9.86. The number of nitrogens with zero attached hydrogens (tertiary/aromatic N) is 3. The number of rotatable bonds is 6. The second kappa shape index (κ2) is 9.05. The summed E-state index contributed by atoms with van der Waals surface area (Å²) in [6.45, 7) is 7.48. The van der Waals surface area contributed by atoms with Gasteiger partial charge in [0.1, 0.15) is 22.3 Å². The first kappa shape index (κ1) is 21.9. The Morgan fingerprint density at radius 3 is 2.31 bits per heavy atom. The van der Waals surface area contributed by atoms with Gasteiger partial charge in [-0.25, -0.2) is 9.19 Å². The summed E-state index contributed by atoms with van der Waals surface area (Å²) in [4.78, 5) is 5.03. The quantitative estimate of drug-likeness (QED) is 0.393. The van der Waals surface area contributed by atoms with Gasteiger partial charge in [-0.1, -0.05) is 29.0 Å². The van der Waals surface area contributed by atoms with Gasteiger partial charge in [0.15, 0.2) is 0 Å². The Morgan fingerprint density at radius 1 is 0.938 bits per heavy atom. The van der Waals surface area contributed by atoms with E-state index in [2.05, 4.69) is 20.5 Å². The minimum atomic E-state index is -1.58. The Bertz CT molecular complexity index is 1290. The predicted molar refractivity (Wildman–Crippen MR) is 127 cm³/mol. The lowest BCUT2D eigenvalue weighted by molar-refractivity contribution is 0.463. The van der Waals surface area contributed by atoms with Crippen LogP contribution in [0.1, 0.15) is 22.4 Å². The van der Waals surface area contributed by atoms with Gasteiger partial charge in [-0.05, 0) is 75.2 Å². The maximum atomic E-state index is 12.4. The molecule has 7 nitrogen and oxygen atoms in total. The first-order chi connectivity index (χ1) is 15.3. The molecular weight excluding hydrogens is 444 g/mol. The molecule has 0 aliphatic carbocycles. The van der Waals surface area contributed by atoms with Crippen molar-refractivity contribution in [1.29, 1.82) is 0 Å². The summed E-state index contributed by atoms with van der Waals surface area (Å²) in [5.74, 6) is 1.35. The van der Waals surface area contributed by atoms with Crippen LogP contribution in [-0.4, -0.2) is 24.5 Å². The van der Waals surface area contributed by atoms with E-state index in [0.717, 1.165) is 27.3 Å². The first-order valence-corrected chi connectivity index (χ1v) is 11.8. The summed E-state index contributed by atoms with van der Waals surface area (Å²) < 4.78 is 18.0. The van der Waals surface area contributed by atoms with Gasteiger partial charge >= 0.3 is 0 Å². The van der Waals surface area contributed by atoms with E-state index in [0.29, 0.717) is 27.3 Å². The lowest BCUT2D eigenvalue weighted by Gasteiger charge is -2.11. The van der Waals surface area contributed by atoms with E-state index in [9.17, 15) is 9.32 Å². The standard InChI is InChI=1S/C23H22N4O3S2/c1-13-5-11-19(12-6-13)32(29)30-18-9-7-17(8-10-18)22-26-27-23(31-22)25-21-15(3)14(2)20(28)16(4)24-21/h5-12,28H,1-4H3,(H,24,25,27). The zero-order valence-electron chi connectivity index (χ0n) is 18.0. The Labute approximate surface area is 192 Å². The summed E-state index contributed by atoms with van der Waals surface area (Å²) >= 11 is -0.194. The maximum absolute atomic E-state index is 12.4. The molecule has 0 spiro atoms. The van der Waals surface area contributed by atoms with E-state index < -0.39 is 11.1 Å². The zero-order valence-corrected chi connectivity index (χ0v) is 19.7. The molecule has 2 aromatic carbocycles. The van der Waals surface area contributed by atoms with Crippen molar-refractivity contribution in [2.24, 2.45) is 0 Å². The third kappa shape index (κ3) is 4.63. The predicted octanol–water partition coefficient (Wildman–Crippen LogP) is 5.38. The van der Waals surface area contributed by atoms with Crippen LogP contribution in [-0.2, 0) is 11.1 Å². The number of hydrogen-bond donors (Lipinski definition) is 2. The average molecular weight is 467 g/mol. The van der Waals surface area contributed by atoms with Gasteiger partial charge in [-0.2, -0.15) is 0 Å². The summed E-state index contributed by atoms with van der Waals surface area (Å²) in [5.41, 5.74) is 4.16. The van der Waals surface area contributed by atoms with Crippen molar-refractivity contribution in [3.63, 3.8) is 0 Å². The van der Waals surface area contributed by atoms with Gasteiger partial charge in [0.2, 0.25) is 16.2 Å². The summed E-state index contributed by atoms with van der Waals surface area (Å²) in [6, 6.07) is 14.6. The molecule has 1 atom stereocenters. The third-order valence-corrected chi connectivity index (χ3v) is 6.92. The van der Waals surface area contributed by atoms with Crippen LogP contribution < -0.4 is 9.50 Å². The van der Waals surface area contributed by atoms with E-state index in [4.69, 9.17) is 4.18 Å². The Balaban J connectivity index is 1.47. The number of nitrogens with one attached hydrogen (secondary N) is 1. The molecule has 0 fully saturated rings. The van der Waals surface area contributed by atoms with Crippen molar-refractivity contribution in [1.82, 2.24) is 15.2 Å². The number of pyridine rings is 1. The van der Waals surface area contributed by atoms with Crippen LogP contribution in [0.4, 0.5) is 10.9 Å². The van der Waals surface area contributed by atoms with Gasteiger partial charge in [-0.3, -0.25) is 0 Å². The number of aromatic nitrogens is 3. The van der Waals surface area contributed by atoms with Gasteiger partial charge in [0, 0.05) is 5.56 Å². The van der Waals surface area contributed by atoms with Crippen molar-refractivity contribution in [2.75, 3.05) is 5.32 Å². The summed E-state index contributed by atoms with van der Waals surface area (Å²) in [5, 5.41) is 23.0. The van der Waals surface area contributed by atoms with Gasteiger partial charge in [0.05, 0.1) is 10.6 Å². The fourth-order valence-corrected chi connectivity index (χ4v) is 4.47. The molecule has 32 heavy (non-hydrogen) atoms. The molecule has 0 saturated heterocycles. The molecule has 1 unspecified atom stereocenters. The summed E-state index contributed by atoms with van der Waals surface area (Å²) in [6.07, 6.45) is 0. The molecule has 4 aromatic rings. The van der Waals surface area contributed by atoms with Gasteiger partial charge in [-0.15, -0.1) is 10.2 Å². The number of hydrogen-bond acceptors (Lipinski definition) is 8. The fourth-order valence-electron chi connectivity index (χ4n) is 2.98. The van der Waals surface area contributed by atoms with E-state index in [1.165, 1.54) is 11.3 Å². The lowest BCUT2D eigenvalue weighted by atomic mass is 10.1. The molecule has 0 amide bonds. The van der Waals surface area contributed by atoms with E-state index in [1.54, 1.807) is 31.2 Å². The molecule has 0 radical (unpaired) electrons. The van der Waals surface area contributed by atoms with E-state index in [1.807, 2.05) is 45.0 Å².